The number of nitrogens with one attached hydrogen (secondary N) is 1. The number of benzene rings is 2. The van der Waals surface area contributed by atoms with Gasteiger partial charge in [0.2, 0.25) is 5.95 Å². The summed E-state index contributed by atoms with van der Waals surface area (Å²) in [4.78, 5) is 20.5. The van der Waals surface area contributed by atoms with Gasteiger partial charge in [0.25, 0.3) is 0 Å². The summed E-state index contributed by atoms with van der Waals surface area (Å²) in [5.41, 5.74) is 4.30. The predicted octanol–water partition coefficient (Wildman–Crippen LogP) is 5.55. The highest BCUT2D eigenvalue weighted by Gasteiger charge is 2.15. The Labute approximate surface area is 205 Å². The van der Waals surface area contributed by atoms with Crippen LogP contribution in [0.2, 0.25) is 0 Å². The highest BCUT2D eigenvalue weighted by atomic mass is 16.5. The molecule has 2 aromatic heterocycles. The van der Waals surface area contributed by atoms with Gasteiger partial charge in [-0.05, 0) is 55.0 Å². The number of carboxylic acid groups (broad SMARTS) is 1. The maximum atomic E-state index is 11.8. The van der Waals surface area contributed by atoms with Gasteiger partial charge in [0.1, 0.15) is 12.4 Å². The Morgan fingerprint density at radius 1 is 1.11 bits per heavy atom. The molecule has 0 aliphatic rings. The minimum atomic E-state index is -1.02. The van der Waals surface area contributed by atoms with Crippen molar-refractivity contribution in [2.24, 2.45) is 0 Å². The van der Waals surface area contributed by atoms with Crippen molar-refractivity contribution < 1.29 is 14.6 Å². The molecule has 0 radical (unpaired) electrons. The smallest absolute Gasteiger partial charge is 0.339 e. The van der Waals surface area contributed by atoms with Crippen LogP contribution in [0.1, 0.15) is 53.9 Å². The molecule has 0 unspecified atom stereocenters. The second kappa shape index (κ2) is 11.0. The maximum absolute atomic E-state index is 11.8. The maximum Gasteiger partial charge on any atom is 0.339 e. The molecular formula is C28H32N4O3. The van der Waals surface area contributed by atoms with Crippen molar-refractivity contribution in [1.82, 2.24) is 14.5 Å². The van der Waals surface area contributed by atoms with Crippen LogP contribution < -0.4 is 10.1 Å². The zero-order valence-corrected chi connectivity index (χ0v) is 20.5. The van der Waals surface area contributed by atoms with Gasteiger partial charge in [-0.25, -0.2) is 14.8 Å². The van der Waals surface area contributed by atoms with Crippen molar-refractivity contribution in [3.8, 4) is 5.75 Å². The molecule has 0 amide bonds. The lowest BCUT2D eigenvalue weighted by Crippen LogP contribution is -2.15. The first-order valence-corrected chi connectivity index (χ1v) is 12.1. The Morgan fingerprint density at radius 3 is 2.60 bits per heavy atom. The third kappa shape index (κ3) is 5.80. The zero-order chi connectivity index (χ0) is 24.8. The van der Waals surface area contributed by atoms with Gasteiger partial charge in [-0.3, -0.25) is 0 Å². The first-order chi connectivity index (χ1) is 17.0. The quantitative estimate of drug-likeness (QED) is 0.278. The van der Waals surface area contributed by atoms with E-state index < -0.39 is 5.97 Å². The third-order valence-corrected chi connectivity index (χ3v) is 6.14. The summed E-state index contributed by atoms with van der Waals surface area (Å²) in [6, 6.07) is 16.4. The van der Waals surface area contributed by atoms with Crippen LogP contribution in [-0.4, -0.2) is 38.8 Å². The number of anilines is 1. The van der Waals surface area contributed by atoms with Gasteiger partial charge in [0.05, 0.1) is 17.8 Å². The standard InChI is InChI=1S/C28H32N4O3/c1-4-32-18-21(23-7-5-6-8-26(23)32)11-14-25-24(27(33)34)17-30-28(31-25)29-15-16-35-22-12-9-20(10-13-22)19(2)3/h5-10,12-13,17-19H,4,11,14-16H2,1-3H3,(H,33,34)(H,29,30,31). The number of hydrogen-bond donors (Lipinski definition) is 2. The van der Waals surface area contributed by atoms with Crippen LogP contribution in [0, 0.1) is 0 Å². The van der Waals surface area contributed by atoms with Crippen LogP contribution in [0.3, 0.4) is 0 Å². The lowest BCUT2D eigenvalue weighted by molar-refractivity contribution is 0.0694. The summed E-state index contributed by atoms with van der Waals surface area (Å²) in [5, 5.41) is 14.0. The molecule has 7 heteroatoms. The van der Waals surface area contributed by atoms with Crippen LogP contribution in [0.4, 0.5) is 5.95 Å². The van der Waals surface area contributed by atoms with Crippen LogP contribution in [-0.2, 0) is 19.4 Å². The molecule has 0 aliphatic carbocycles. The van der Waals surface area contributed by atoms with E-state index in [0.717, 1.165) is 12.3 Å². The Kier molecular flexibility index (Phi) is 7.65. The molecule has 0 saturated heterocycles. The molecule has 2 aromatic carbocycles. The van der Waals surface area contributed by atoms with Crippen LogP contribution in [0.15, 0.2) is 60.9 Å². The average Bonchev–Trinajstić information content (AvgIpc) is 3.23. The van der Waals surface area contributed by atoms with E-state index in [1.165, 1.54) is 28.2 Å². The number of aromatic nitrogens is 3. The van der Waals surface area contributed by atoms with Gasteiger partial charge < -0.3 is 19.7 Å². The van der Waals surface area contributed by atoms with Gasteiger partial charge in [-0.15, -0.1) is 0 Å². The van der Waals surface area contributed by atoms with E-state index in [1.54, 1.807) is 0 Å². The zero-order valence-electron chi connectivity index (χ0n) is 20.5. The topological polar surface area (TPSA) is 89.3 Å². The fourth-order valence-electron chi connectivity index (χ4n) is 4.19. The van der Waals surface area contributed by atoms with E-state index in [0.29, 0.717) is 43.6 Å². The fraction of sp³-hybridized carbons (Fsp3) is 0.321. The number of carboxylic acids is 1. The average molecular weight is 473 g/mol. The van der Waals surface area contributed by atoms with Gasteiger partial charge in [-0.2, -0.15) is 0 Å². The number of rotatable bonds is 11. The van der Waals surface area contributed by atoms with Crippen molar-refractivity contribution >= 4 is 22.8 Å². The normalized spacial score (nSPS) is 11.2. The van der Waals surface area contributed by atoms with E-state index >= 15 is 0 Å². The molecule has 182 valence electrons. The monoisotopic (exact) mass is 472 g/mol. The number of carbonyl (C=O) groups is 1. The van der Waals surface area contributed by atoms with Gasteiger partial charge in [0, 0.05) is 29.8 Å². The number of hydrogen-bond acceptors (Lipinski definition) is 5. The molecule has 0 fully saturated rings. The highest BCUT2D eigenvalue weighted by molar-refractivity contribution is 5.88. The van der Waals surface area contributed by atoms with Crippen LogP contribution >= 0.6 is 0 Å². The van der Waals surface area contributed by atoms with Crippen LogP contribution in [0.5, 0.6) is 5.75 Å². The molecule has 35 heavy (non-hydrogen) atoms. The molecular weight excluding hydrogens is 440 g/mol. The highest BCUT2D eigenvalue weighted by Crippen LogP contribution is 2.23. The second-order valence-electron chi connectivity index (χ2n) is 8.82. The summed E-state index contributed by atoms with van der Waals surface area (Å²) >= 11 is 0. The lowest BCUT2D eigenvalue weighted by atomic mass is 10.0. The Hall–Kier alpha value is -3.87. The van der Waals surface area contributed by atoms with Gasteiger partial charge in [0.15, 0.2) is 0 Å². The van der Waals surface area contributed by atoms with E-state index in [9.17, 15) is 9.90 Å². The minimum absolute atomic E-state index is 0.135. The van der Waals surface area contributed by atoms with Crippen molar-refractivity contribution in [2.75, 3.05) is 18.5 Å². The number of aromatic carboxylic acids is 1. The minimum Gasteiger partial charge on any atom is -0.492 e. The van der Waals surface area contributed by atoms with Crippen molar-refractivity contribution in [3.05, 3.63) is 83.3 Å². The Bertz CT molecular complexity index is 1300. The molecule has 2 N–H and O–H groups in total. The first-order valence-electron chi connectivity index (χ1n) is 12.1. The number of ether oxygens (including phenoxy) is 1. The summed E-state index contributed by atoms with van der Waals surface area (Å²) < 4.78 is 8.01. The summed E-state index contributed by atoms with van der Waals surface area (Å²) in [6.45, 7) is 8.26. The lowest BCUT2D eigenvalue weighted by Gasteiger charge is -2.11. The Balaban J connectivity index is 1.40. The molecule has 0 saturated carbocycles. The molecule has 4 rings (SSSR count). The molecule has 0 atom stereocenters. The molecule has 0 aliphatic heterocycles. The molecule has 7 nitrogen and oxygen atoms in total. The molecule has 0 spiro atoms. The van der Waals surface area contributed by atoms with Crippen LogP contribution in [0.25, 0.3) is 10.9 Å². The van der Waals surface area contributed by atoms with E-state index in [1.807, 2.05) is 24.3 Å². The van der Waals surface area contributed by atoms with Gasteiger partial charge in [-0.1, -0.05) is 44.2 Å². The second-order valence-corrected chi connectivity index (χ2v) is 8.82. The third-order valence-electron chi connectivity index (χ3n) is 6.14. The molecule has 4 aromatic rings. The summed E-state index contributed by atoms with van der Waals surface area (Å²) in [6.07, 6.45) is 4.74. The number of aryl methyl sites for hydroxylation is 3. The van der Waals surface area contributed by atoms with Crippen molar-refractivity contribution in [3.63, 3.8) is 0 Å². The fourth-order valence-corrected chi connectivity index (χ4v) is 4.19. The molecule has 0 bridgehead atoms. The van der Waals surface area contributed by atoms with Crippen molar-refractivity contribution in [2.45, 2.75) is 46.1 Å². The largest absolute Gasteiger partial charge is 0.492 e. The Morgan fingerprint density at radius 2 is 1.89 bits per heavy atom. The van der Waals surface area contributed by atoms with Gasteiger partial charge >= 0.3 is 5.97 Å². The summed E-state index contributed by atoms with van der Waals surface area (Å²) in [7, 11) is 0. The van der Waals surface area contributed by atoms with E-state index in [-0.39, 0.29) is 5.56 Å². The van der Waals surface area contributed by atoms with Crippen molar-refractivity contribution in [1.29, 1.82) is 0 Å². The number of nitrogens with zero attached hydrogens (tertiary/aromatic N) is 3. The summed E-state index contributed by atoms with van der Waals surface area (Å²) in [5.74, 6) is 0.678. The number of fused-ring (bicyclic) bond motifs is 1. The number of para-hydroxylation sites is 1. The SMILES string of the molecule is CCn1cc(CCc2nc(NCCOc3ccc(C(C)C)cc3)ncc2C(=O)O)c2ccccc21. The van der Waals surface area contributed by atoms with E-state index in [2.05, 4.69) is 71.1 Å². The van der Waals surface area contributed by atoms with E-state index in [4.69, 9.17) is 4.74 Å². The predicted molar refractivity (Wildman–Crippen MR) is 139 cm³/mol. The first kappa shape index (κ1) is 24.3. The molecule has 2 heterocycles.